The summed E-state index contributed by atoms with van der Waals surface area (Å²) in [5.41, 5.74) is 2.23. The Morgan fingerprint density at radius 1 is 1.33 bits per heavy atom. The standard InChI is InChI=1S/C18H23BrN2O3/c1-5-23-18(22)16-8-13(4)21(20-16)10-14-9-15(19)6-7-17(14)24-11-12(2)3/h6-9,12H,5,10-11H2,1-4H3. The van der Waals surface area contributed by atoms with Crippen LogP contribution in [0.4, 0.5) is 0 Å². The van der Waals surface area contributed by atoms with Crippen LogP contribution in [0.1, 0.15) is 42.5 Å². The Hall–Kier alpha value is -1.82. The summed E-state index contributed by atoms with van der Waals surface area (Å²) in [5, 5.41) is 4.36. The number of nitrogens with zero attached hydrogens (tertiary/aromatic N) is 2. The number of benzene rings is 1. The van der Waals surface area contributed by atoms with E-state index in [1.807, 2.05) is 25.1 Å². The summed E-state index contributed by atoms with van der Waals surface area (Å²) < 4.78 is 13.7. The van der Waals surface area contributed by atoms with E-state index in [9.17, 15) is 4.79 Å². The van der Waals surface area contributed by atoms with Crippen LogP contribution in [-0.4, -0.2) is 29.0 Å². The van der Waals surface area contributed by atoms with Gasteiger partial charge >= 0.3 is 5.97 Å². The fourth-order valence-electron chi connectivity index (χ4n) is 2.21. The average molecular weight is 395 g/mol. The molecule has 0 bridgehead atoms. The Labute approximate surface area is 151 Å². The van der Waals surface area contributed by atoms with Crippen molar-refractivity contribution >= 4 is 21.9 Å². The lowest BCUT2D eigenvalue weighted by molar-refractivity contribution is 0.0518. The van der Waals surface area contributed by atoms with Gasteiger partial charge in [-0.15, -0.1) is 0 Å². The van der Waals surface area contributed by atoms with Gasteiger partial charge in [0, 0.05) is 15.7 Å². The molecule has 2 rings (SSSR count). The molecular weight excluding hydrogens is 372 g/mol. The Kier molecular flexibility index (Phi) is 6.43. The summed E-state index contributed by atoms with van der Waals surface area (Å²) in [4.78, 5) is 11.8. The number of esters is 1. The topological polar surface area (TPSA) is 53.4 Å². The zero-order chi connectivity index (χ0) is 17.7. The third kappa shape index (κ3) is 4.84. The molecule has 1 heterocycles. The number of hydrogen-bond donors (Lipinski definition) is 0. The molecule has 0 amide bonds. The van der Waals surface area contributed by atoms with Crippen LogP contribution in [-0.2, 0) is 11.3 Å². The lowest BCUT2D eigenvalue weighted by atomic mass is 10.2. The first-order valence-corrected chi connectivity index (χ1v) is 8.82. The van der Waals surface area contributed by atoms with Crippen molar-refractivity contribution in [2.24, 2.45) is 5.92 Å². The predicted octanol–water partition coefficient (Wildman–Crippen LogP) is 4.21. The van der Waals surface area contributed by atoms with Gasteiger partial charge in [-0.25, -0.2) is 4.79 Å². The first-order chi connectivity index (χ1) is 11.4. The lowest BCUT2D eigenvalue weighted by Gasteiger charge is -2.14. The zero-order valence-corrected chi connectivity index (χ0v) is 16.1. The quantitative estimate of drug-likeness (QED) is 0.659. The number of aryl methyl sites for hydroxylation is 1. The van der Waals surface area contributed by atoms with Crippen molar-refractivity contribution in [3.63, 3.8) is 0 Å². The van der Waals surface area contributed by atoms with Crippen LogP contribution >= 0.6 is 15.9 Å². The molecule has 0 spiro atoms. The van der Waals surface area contributed by atoms with E-state index < -0.39 is 5.97 Å². The number of aromatic nitrogens is 2. The molecule has 5 nitrogen and oxygen atoms in total. The highest BCUT2D eigenvalue weighted by Crippen LogP contribution is 2.25. The second-order valence-corrected chi connectivity index (χ2v) is 6.92. The number of hydrogen-bond acceptors (Lipinski definition) is 4. The lowest BCUT2D eigenvalue weighted by Crippen LogP contribution is -2.11. The molecule has 6 heteroatoms. The van der Waals surface area contributed by atoms with Gasteiger partial charge in [0.05, 0.1) is 19.8 Å². The highest BCUT2D eigenvalue weighted by molar-refractivity contribution is 9.10. The maximum Gasteiger partial charge on any atom is 0.358 e. The zero-order valence-electron chi connectivity index (χ0n) is 14.5. The molecule has 0 aliphatic rings. The van der Waals surface area contributed by atoms with Gasteiger partial charge in [0.2, 0.25) is 0 Å². The van der Waals surface area contributed by atoms with E-state index in [-0.39, 0.29) is 0 Å². The fourth-order valence-corrected chi connectivity index (χ4v) is 2.61. The normalized spacial score (nSPS) is 10.9. The molecule has 130 valence electrons. The van der Waals surface area contributed by atoms with Crippen molar-refractivity contribution < 1.29 is 14.3 Å². The Bertz CT molecular complexity index is 710. The van der Waals surface area contributed by atoms with Crippen molar-refractivity contribution in [3.05, 3.63) is 45.7 Å². The minimum atomic E-state index is -0.398. The SMILES string of the molecule is CCOC(=O)c1cc(C)n(Cc2cc(Br)ccc2OCC(C)C)n1. The van der Waals surface area contributed by atoms with Gasteiger partial charge in [-0.05, 0) is 44.0 Å². The molecule has 1 aromatic heterocycles. The molecule has 2 aromatic rings. The predicted molar refractivity (Wildman–Crippen MR) is 96.5 cm³/mol. The Morgan fingerprint density at radius 2 is 2.08 bits per heavy atom. The third-order valence-corrected chi connectivity index (χ3v) is 3.87. The van der Waals surface area contributed by atoms with Crippen molar-refractivity contribution in [1.29, 1.82) is 0 Å². The van der Waals surface area contributed by atoms with Gasteiger partial charge in [-0.1, -0.05) is 29.8 Å². The molecule has 0 fully saturated rings. The molecule has 0 N–H and O–H groups in total. The van der Waals surface area contributed by atoms with Crippen LogP contribution in [0.3, 0.4) is 0 Å². The summed E-state index contributed by atoms with van der Waals surface area (Å²) >= 11 is 3.50. The number of carbonyl (C=O) groups excluding carboxylic acids is 1. The summed E-state index contributed by atoms with van der Waals surface area (Å²) in [5.74, 6) is 0.882. The Balaban J connectivity index is 2.24. The largest absolute Gasteiger partial charge is 0.493 e. The molecule has 0 atom stereocenters. The van der Waals surface area contributed by atoms with Crippen molar-refractivity contribution in [3.8, 4) is 5.75 Å². The van der Waals surface area contributed by atoms with Gasteiger partial charge < -0.3 is 9.47 Å². The van der Waals surface area contributed by atoms with E-state index in [2.05, 4.69) is 34.9 Å². The maximum atomic E-state index is 11.8. The minimum Gasteiger partial charge on any atom is -0.493 e. The maximum absolute atomic E-state index is 11.8. The molecule has 0 aliphatic heterocycles. The van der Waals surface area contributed by atoms with Gasteiger partial charge in [0.25, 0.3) is 0 Å². The number of ether oxygens (including phenoxy) is 2. The summed E-state index contributed by atoms with van der Waals surface area (Å²) in [7, 11) is 0. The van der Waals surface area contributed by atoms with E-state index in [0.717, 1.165) is 21.5 Å². The van der Waals surface area contributed by atoms with E-state index in [0.29, 0.717) is 31.4 Å². The van der Waals surface area contributed by atoms with Crippen LogP contribution in [0.15, 0.2) is 28.7 Å². The van der Waals surface area contributed by atoms with Gasteiger partial charge in [-0.2, -0.15) is 5.10 Å². The fraction of sp³-hybridized carbons (Fsp3) is 0.444. The first kappa shape index (κ1) is 18.5. The number of rotatable bonds is 7. The van der Waals surface area contributed by atoms with Gasteiger partial charge in [-0.3, -0.25) is 4.68 Å². The third-order valence-electron chi connectivity index (χ3n) is 3.38. The molecule has 0 saturated carbocycles. The van der Waals surface area contributed by atoms with E-state index in [1.54, 1.807) is 17.7 Å². The smallest absolute Gasteiger partial charge is 0.358 e. The second kappa shape index (κ2) is 8.33. The molecule has 0 radical (unpaired) electrons. The van der Waals surface area contributed by atoms with Crippen LogP contribution in [0.25, 0.3) is 0 Å². The van der Waals surface area contributed by atoms with Gasteiger partial charge in [0.1, 0.15) is 5.75 Å². The molecule has 24 heavy (non-hydrogen) atoms. The van der Waals surface area contributed by atoms with Crippen LogP contribution in [0, 0.1) is 12.8 Å². The number of carbonyl (C=O) groups is 1. The van der Waals surface area contributed by atoms with Crippen LogP contribution < -0.4 is 4.74 Å². The van der Waals surface area contributed by atoms with Crippen molar-refractivity contribution in [2.45, 2.75) is 34.2 Å². The highest BCUT2D eigenvalue weighted by Gasteiger charge is 2.15. The molecule has 0 unspecified atom stereocenters. The first-order valence-electron chi connectivity index (χ1n) is 8.03. The second-order valence-electron chi connectivity index (χ2n) is 6.01. The van der Waals surface area contributed by atoms with Gasteiger partial charge in [0.15, 0.2) is 5.69 Å². The average Bonchev–Trinajstić information content (AvgIpc) is 2.88. The molecule has 0 saturated heterocycles. The minimum absolute atomic E-state index is 0.328. The van der Waals surface area contributed by atoms with E-state index >= 15 is 0 Å². The number of halogens is 1. The van der Waals surface area contributed by atoms with Crippen LogP contribution in [0.5, 0.6) is 5.75 Å². The molecular formula is C18H23BrN2O3. The van der Waals surface area contributed by atoms with Crippen molar-refractivity contribution in [2.75, 3.05) is 13.2 Å². The highest BCUT2D eigenvalue weighted by atomic mass is 79.9. The summed E-state index contributed by atoms with van der Waals surface area (Å²) in [6, 6.07) is 7.66. The molecule has 1 aromatic carbocycles. The monoisotopic (exact) mass is 394 g/mol. The van der Waals surface area contributed by atoms with Crippen LogP contribution in [0.2, 0.25) is 0 Å². The summed E-state index contributed by atoms with van der Waals surface area (Å²) in [6.07, 6.45) is 0. The Morgan fingerprint density at radius 3 is 2.75 bits per heavy atom. The van der Waals surface area contributed by atoms with E-state index in [1.165, 1.54) is 0 Å². The van der Waals surface area contributed by atoms with E-state index in [4.69, 9.17) is 9.47 Å². The molecule has 0 aliphatic carbocycles. The van der Waals surface area contributed by atoms with Crippen molar-refractivity contribution in [1.82, 2.24) is 9.78 Å². The summed E-state index contributed by atoms with van der Waals surface area (Å²) in [6.45, 7) is 9.44.